The molecule has 0 saturated heterocycles. The lowest BCUT2D eigenvalue weighted by molar-refractivity contribution is 0.595. The summed E-state index contributed by atoms with van der Waals surface area (Å²) < 4.78 is 25.3. The van der Waals surface area contributed by atoms with Crippen LogP contribution in [-0.2, 0) is 10.0 Å². The molecular weight excluding hydrogens is 236 g/mol. The SMILES string of the molecule is CCNCCCS(=O)(=O)Nc1nncs1. The Kier molecular flexibility index (Phi) is 4.92. The van der Waals surface area contributed by atoms with E-state index in [2.05, 4.69) is 20.2 Å². The molecule has 6 nitrogen and oxygen atoms in total. The van der Waals surface area contributed by atoms with E-state index in [0.29, 0.717) is 18.1 Å². The van der Waals surface area contributed by atoms with E-state index in [9.17, 15) is 8.42 Å². The van der Waals surface area contributed by atoms with Gasteiger partial charge in [0.15, 0.2) is 0 Å². The first-order valence-electron chi connectivity index (χ1n) is 4.61. The van der Waals surface area contributed by atoms with Crippen LogP contribution < -0.4 is 10.0 Å². The molecule has 0 fully saturated rings. The van der Waals surface area contributed by atoms with Crippen molar-refractivity contribution in [3.8, 4) is 0 Å². The summed E-state index contributed by atoms with van der Waals surface area (Å²) in [6, 6.07) is 0. The van der Waals surface area contributed by atoms with E-state index in [1.807, 2.05) is 6.92 Å². The first kappa shape index (κ1) is 12.3. The van der Waals surface area contributed by atoms with Gasteiger partial charge in [0.2, 0.25) is 15.2 Å². The zero-order valence-electron chi connectivity index (χ0n) is 8.43. The number of anilines is 1. The maximum absolute atomic E-state index is 11.5. The van der Waals surface area contributed by atoms with Crippen molar-refractivity contribution in [3.05, 3.63) is 5.51 Å². The smallest absolute Gasteiger partial charge is 0.234 e. The molecule has 0 aliphatic carbocycles. The van der Waals surface area contributed by atoms with Crippen LogP contribution >= 0.6 is 11.3 Å². The Hall–Kier alpha value is -0.730. The molecule has 0 aromatic carbocycles. The molecule has 0 unspecified atom stereocenters. The molecule has 0 bridgehead atoms. The molecule has 1 aromatic heterocycles. The highest BCUT2D eigenvalue weighted by atomic mass is 32.2. The molecule has 1 heterocycles. The van der Waals surface area contributed by atoms with Crippen LogP contribution in [0.3, 0.4) is 0 Å². The van der Waals surface area contributed by atoms with Crippen molar-refractivity contribution in [2.75, 3.05) is 23.6 Å². The molecular formula is C7H14N4O2S2. The van der Waals surface area contributed by atoms with Crippen LogP contribution in [0.5, 0.6) is 0 Å². The normalized spacial score (nSPS) is 11.5. The minimum atomic E-state index is -3.27. The minimum absolute atomic E-state index is 0.0968. The van der Waals surface area contributed by atoms with Gasteiger partial charge in [-0.1, -0.05) is 18.3 Å². The summed E-state index contributed by atoms with van der Waals surface area (Å²) >= 11 is 1.17. The number of rotatable bonds is 7. The number of hydrogen-bond donors (Lipinski definition) is 2. The minimum Gasteiger partial charge on any atom is -0.317 e. The van der Waals surface area contributed by atoms with Crippen molar-refractivity contribution < 1.29 is 8.42 Å². The molecule has 0 atom stereocenters. The van der Waals surface area contributed by atoms with E-state index >= 15 is 0 Å². The standard InChI is InChI=1S/C7H14N4O2S2/c1-2-8-4-3-5-15(12,13)11-7-10-9-6-14-7/h6,8H,2-5H2,1H3,(H,10,11). The second kappa shape index (κ2) is 5.99. The highest BCUT2D eigenvalue weighted by Gasteiger charge is 2.11. The Morgan fingerprint density at radius 3 is 2.93 bits per heavy atom. The van der Waals surface area contributed by atoms with Gasteiger partial charge in [0.25, 0.3) is 0 Å². The predicted octanol–water partition coefficient (Wildman–Crippen LogP) is 0.279. The van der Waals surface area contributed by atoms with Crippen molar-refractivity contribution in [1.29, 1.82) is 0 Å². The van der Waals surface area contributed by atoms with Crippen LogP contribution in [0.15, 0.2) is 5.51 Å². The third kappa shape index (κ3) is 5.05. The molecule has 1 rings (SSSR count). The molecule has 2 N–H and O–H groups in total. The number of aromatic nitrogens is 2. The van der Waals surface area contributed by atoms with Crippen molar-refractivity contribution in [1.82, 2.24) is 15.5 Å². The van der Waals surface area contributed by atoms with Crippen LogP contribution in [0.1, 0.15) is 13.3 Å². The maximum Gasteiger partial charge on any atom is 0.234 e. The number of nitrogens with zero attached hydrogens (tertiary/aromatic N) is 2. The van der Waals surface area contributed by atoms with Crippen LogP contribution in [0, 0.1) is 0 Å². The monoisotopic (exact) mass is 250 g/mol. The van der Waals surface area contributed by atoms with Crippen LogP contribution in [0.2, 0.25) is 0 Å². The van der Waals surface area contributed by atoms with Crippen LogP contribution in [-0.4, -0.2) is 37.5 Å². The number of nitrogens with one attached hydrogen (secondary N) is 2. The van der Waals surface area contributed by atoms with Gasteiger partial charge >= 0.3 is 0 Å². The van der Waals surface area contributed by atoms with E-state index in [1.54, 1.807) is 0 Å². The molecule has 86 valence electrons. The Labute approximate surface area is 93.2 Å². The van der Waals surface area contributed by atoms with Gasteiger partial charge < -0.3 is 5.32 Å². The van der Waals surface area contributed by atoms with Crippen LogP contribution in [0.25, 0.3) is 0 Å². The Bertz CT molecular complexity index is 362. The summed E-state index contributed by atoms with van der Waals surface area (Å²) in [4.78, 5) is 0. The molecule has 0 spiro atoms. The topological polar surface area (TPSA) is 84.0 Å². The lowest BCUT2D eigenvalue weighted by Crippen LogP contribution is -2.21. The average molecular weight is 250 g/mol. The summed E-state index contributed by atoms with van der Waals surface area (Å²) in [5, 5.41) is 10.5. The summed E-state index contributed by atoms with van der Waals surface area (Å²) in [5.74, 6) is 0.0968. The average Bonchev–Trinajstić information content (AvgIpc) is 2.64. The summed E-state index contributed by atoms with van der Waals surface area (Å²) in [6.07, 6.45) is 0.585. The Balaban J connectivity index is 2.33. The van der Waals surface area contributed by atoms with Gasteiger partial charge in [-0.05, 0) is 19.5 Å². The highest BCUT2D eigenvalue weighted by Crippen LogP contribution is 2.10. The molecule has 8 heteroatoms. The first-order chi connectivity index (χ1) is 7.14. The molecule has 0 aliphatic rings. The molecule has 1 aromatic rings. The molecule has 0 aliphatic heterocycles. The van der Waals surface area contributed by atoms with Gasteiger partial charge in [-0.2, -0.15) is 0 Å². The largest absolute Gasteiger partial charge is 0.317 e. The number of sulfonamides is 1. The summed E-state index contributed by atoms with van der Waals surface area (Å²) in [6.45, 7) is 3.53. The number of hydrogen-bond acceptors (Lipinski definition) is 6. The zero-order chi connectivity index (χ0) is 11.1. The van der Waals surface area contributed by atoms with Crippen molar-refractivity contribution in [2.24, 2.45) is 0 Å². The van der Waals surface area contributed by atoms with Gasteiger partial charge in [0.1, 0.15) is 5.51 Å². The highest BCUT2D eigenvalue weighted by molar-refractivity contribution is 7.92. The lowest BCUT2D eigenvalue weighted by atomic mass is 10.5. The van der Waals surface area contributed by atoms with E-state index < -0.39 is 10.0 Å². The van der Waals surface area contributed by atoms with E-state index in [1.165, 1.54) is 16.8 Å². The van der Waals surface area contributed by atoms with Gasteiger partial charge in [-0.25, -0.2) is 8.42 Å². The fourth-order valence-electron chi connectivity index (χ4n) is 0.966. The maximum atomic E-state index is 11.5. The van der Waals surface area contributed by atoms with Gasteiger partial charge in [-0.3, -0.25) is 4.72 Å². The van der Waals surface area contributed by atoms with Crippen LogP contribution in [0.4, 0.5) is 5.13 Å². The van der Waals surface area contributed by atoms with Gasteiger partial charge in [-0.15, -0.1) is 10.2 Å². The molecule has 0 saturated carbocycles. The molecule has 15 heavy (non-hydrogen) atoms. The van der Waals surface area contributed by atoms with Gasteiger partial charge in [0.05, 0.1) is 5.75 Å². The van der Waals surface area contributed by atoms with E-state index in [-0.39, 0.29) is 5.75 Å². The van der Waals surface area contributed by atoms with E-state index in [4.69, 9.17) is 0 Å². The fraction of sp³-hybridized carbons (Fsp3) is 0.714. The second-order valence-corrected chi connectivity index (χ2v) is 5.55. The predicted molar refractivity (Wildman–Crippen MR) is 60.5 cm³/mol. The fourth-order valence-corrected chi connectivity index (χ4v) is 2.76. The van der Waals surface area contributed by atoms with Crippen molar-refractivity contribution >= 4 is 26.5 Å². The third-order valence-electron chi connectivity index (χ3n) is 1.62. The van der Waals surface area contributed by atoms with Crippen molar-refractivity contribution in [2.45, 2.75) is 13.3 Å². The Morgan fingerprint density at radius 1 is 1.53 bits per heavy atom. The van der Waals surface area contributed by atoms with Gasteiger partial charge in [0, 0.05) is 0 Å². The second-order valence-electron chi connectivity index (χ2n) is 2.87. The summed E-state index contributed by atoms with van der Waals surface area (Å²) in [7, 11) is -3.27. The lowest BCUT2D eigenvalue weighted by Gasteiger charge is -2.04. The van der Waals surface area contributed by atoms with Crippen molar-refractivity contribution in [3.63, 3.8) is 0 Å². The quantitative estimate of drug-likeness (QED) is 0.679. The zero-order valence-corrected chi connectivity index (χ0v) is 10.1. The molecule has 0 amide bonds. The summed E-state index contributed by atoms with van der Waals surface area (Å²) in [5.41, 5.74) is 1.48. The molecule has 0 radical (unpaired) electrons. The Morgan fingerprint density at radius 2 is 2.33 bits per heavy atom. The van der Waals surface area contributed by atoms with E-state index in [0.717, 1.165) is 6.54 Å². The first-order valence-corrected chi connectivity index (χ1v) is 7.14. The third-order valence-corrected chi connectivity index (χ3v) is 3.69.